The summed E-state index contributed by atoms with van der Waals surface area (Å²) in [7, 11) is 0. The van der Waals surface area contributed by atoms with Gasteiger partial charge in [0.2, 0.25) is 0 Å². The van der Waals surface area contributed by atoms with Crippen LogP contribution in [-0.2, 0) is 9.59 Å². The van der Waals surface area contributed by atoms with E-state index in [2.05, 4.69) is 4.98 Å². The molecule has 1 unspecified atom stereocenters. The number of carbonyl (C=O) groups is 2. The molecule has 0 radical (unpaired) electrons. The molecule has 1 fully saturated rings. The summed E-state index contributed by atoms with van der Waals surface area (Å²) in [6.07, 6.45) is 1.48. The number of anilines is 1. The molecule has 1 atom stereocenters. The molecule has 3 aromatic carbocycles. The van der Waals surface area contributed by atoms with Gasteiger partial charge in [-0.25, -0.2) is 4.98 Å². The molecular formula is C26H16N2O4S. The molecule has 0 aliphatic carbocycles. The van der Waals surface area contributed by atoms with E-state index >= 15 is 0 Å². The first-order chi connectivity index (χ1) is 16.1. The molecule has 2 aromatic heterocycles. The fourth-order valence-electron chi connectivity index (χ4n) is 4.20. The highest BCUT2D eigenvalue weighted by Crippen LogP contribution is 2.44. The predicted octanol–water partition coefficient (Wildman–Crippen LogP) is 5.67. The maximum atomic E-state index is 13.2. The molecule has 33 heavy (non-hydrogen) atoms. The highest BCUT2D eigenvalue weighted by atomic mass is 32.1. The Labute approximate surface area is 192 Å². The molecule has 7 heteroatoms. The normalized spacial score (nSPS) is 17.9. The van der Waals surface area contributed by atoms with Crippen molar-refractivity contribution in [3.05, 3.63) is 102 Å². The van der Waals surface area contributed by atoms with Gasteiger partial charge >= 0.3 is 5.91 Å². The molecule has 6 rings (SSSR count). The molecule has 1 N–H and O–H groups in total. The van der Waals surface area contributed by atoms with Gasteiger partial charge in [-0.05, 0) is 41.1 Å². The monoisotopic (exact) mass is 452 g/mol. The molecule has 5 aromatic rings. The standard InChI is InChI=1S/C26H16N2O4S/c29-23(17-12-11-15-6-1-2-7-16(15)14-17)21-22(19-9-5-13-32-19)28(25(31)24(21)30)26-27-18-8-3-4-10-20(18)33-26/h1-14,22,29H/b23-21+. The molecular weight excluding hydrogens is 436 g/mol. The highest BCUT2D eigenvalue weighted by Gasteiger charge is 2.49. The van der Waals surface area contributed by atoms with Crippen LogP contribution < -0.4 is 4.90 Å². The van der Waals surface area contributed by atoms with E-state index in [1.807, 2.05) is 54.6 Å². The molecule has 160 valence electrons. The topological polar surface area (TPSA) is 83.6 Å². The second-order valence-electron chi connectivity index (χ2n) is 7.71. The van der Waals surface area contributed by atoms with Crippen molar-refractivity contribution in [3.8, 4) is 0 Å². The number of aliphatic hydroxyl groups excluding tert-OH is 1. The van der Waals surface area contributed by atoms with Crippen LogP contribution in [0.25, 0.3) is 26.7 Å². The number of rotatable bonds is 3. The number of ketones is 1. The van der Waals surface area contributed by atoms with Gasteiger partial charge in [-0.1, -0.05) is 59.9 Å². The van der Waals surface area contributed by atoms with Crippen LogP contribution >= 0.6 is 11.3 Å². The quantitative estimate of drug-likeness (QED) is 0.217. The lowest BCUT2D eigenvalue weighted by Gasteiger charge is -2.20. The van der Waals surface area contributed by atoms with E-state index in [9.17, 15) is 14.7 Å². The maximum Gasteiger partial charge on any atom is 0.302 e. The minimum absolute atomic E-state index is 0.0236. The van der Waals surface area contributed by atoms with Crippen LogP contribution in [0.15, 0.2) is 95.1 Å². The Hall–Kier alpha value is -4.23. The largest absolute Gasteiger partial charge is 0.507 e. The first-order valence-electron chi connectivity index (χ1n) is 10.3. The SMILES string of the molecule is O=C1C(=O)N(c2nc3ccccc3s2)C(c2ccco2)/C1=C(\O)c1ccc2ccccc2c1. The number of amides is 1. The third kappa shape index (κ3) is 3.05. The lowest BCUT2D eigenvalue weighted by atomic mass is 9.98. The van der Waals surface area contributed by atoms with Gasteiger partial charge in [0.1, 0.15) is 17.6 Å². The number of fused-ring (bicyclic) bond motifs is 2. The average molecular weight is 452 g/mol. The molecule has 1 amide bonds. The Morgan fingerprint density at radius 3 is 2.52 bits per heavy atom. The Balaban J connectivity index is 1.55. The van der Waals surface area contributed by atoms with Crippen molar-refractivity contribution in [3.63, 3.8) is 0 Å². The number of carbonyl (C=O) groups excluding carboxylic acids is 2. The van der Waals surface area contributed by atoms with E-state index in [1.165, 1.54) is 22.5 Å². The van der Waals surface area contributed by atoms with E-state index in [1.54, 1.807) is 24.3 Å². The summed E-state index contributed by atoms with van der Waals surface area (Å²) in [4.78, 5) is 32.3. The fourth-order valence-corrected chi connectivity index (χ4v) is 5.19. The van der Waals surface area contributed by atoms with Crippen LogP contribution in [0.3, 0.4) is 0 Å². The Kier molecular flexibility index (Phi) is 4.38. The number of nitrogens with zero attached hydrogens (tertiary/aromatic N) is 2. The van der Waals surface area contributed by atoms with Crippen molar-refractivity contribution in [1.82, 2.24) is 4.98 Å². The van der Waals surface area contributed by atoms with Gasteiger partial charge in [0.25, 0.3) is 5.78 Å². The van der Waals surface area contributed by atoms with Crippen molar-refractivity contribution >= 4 is 54.9 Å². The van der Waals surface area contributed by atoms with Crippen LogP contribution in [0.2, 0.25) is 0 Å². The second kappa shape index (κ2) is 7.43. The summed E-state index contributed by atoms with van der Waals surface area (Å²) in [5, 5.41) is 13.6. The minimum Gasteiger partial charge on any atom is -0.507 e. The third-order valence-corrected chi connectivity index (χ3v) is 6.80. The number of aromatic nitrogens is 1. The van der Waals surface area contributed by atoms with Crippen molar-refractivity contribution in [2.45, 2.75) is 6.04 Å². The van der Waals surface area contributed by atoms with Gasteiger partial charge < -0.3 is 9.52 Å². The van der Waals surface area contributed by atoms with E-state index in [0.29, 0.717) is 16.5 Å². The number of para-hydroxylation sites is 1. The Bertz CT molecular complexity index is 1550. The smallest absolute Gasteiger partial charge is 0.302 e. The van der Waals surface area contributed by atoms with E-state index in [0.717, 1.165) is 21.0 Å². The van der Waals surface area contributed by atoms with E-state index in [-0.39, 0.29) is 11.3 Å². The summed E-state index contributed by atoms with van der Waals surface area (Å²) in [5.41, 5.74) is 1.16. The maximum absolute atomic E-state index is 13.2. The van der Waals surface area contributed by atoms with Gasteiger partial charge in [0.05, 0.1) is 22.1 Å². The summed E-state index contributed by atoms with van der Waals surface area (Å²) in [5.74, 6) is -1.40. The number of hydrogen-bond donors (Lipinski definition) is 1. The van der Waals surface area contributed by atoms with E-state index in [4.69, 9.17) is 4.42 Å². The molecule has 6 nitrogen and oxygen atoms in total. The lowest BCUT2D eigenvalue weighted by Crippen LogP contribution is -2.29. The molecule has 0 saturated carbocycles. The number of hydrogen-bond acceptors (Lipinski definition) is 6. The summed E-state index contributed by atoms with van der Waals surface area (Å²) < 4.78 is 6.50. The average Bonchev–Trinajstić information content (AvgIpc) is 3.57. The molecule has 3 heterocycles. The second-order valence-corrected chi connectivity index (χ2v) is 8.72. The highest BCUT2D eigenvalue weighted by molar-refractivity contribution is 7.22. The first kappa shape index (κ1) is 19.5. The van der Waals surface area contributed by atoms with Crippen LogP contribution in [0.4, 0.5) is 5.13 Å². The molecule has 0 bridgehead atoms. The van der Waals surface area contributed by atoms with E-state index < -0.39 is 17.7 Å². The molecule has 1 aliphatic rings. The van der Waals surface area contributed by atoms with Crippen molar-refractivity contribution < 1.29 is 19.1 Å². The van der Waals surface area contributed by atoms with Crippen LogP contribution in [-0.4, -0.2) is 21.8 Å². The van der Waals surface area contributed by atoms with Crippen molar-refractivity contribution in [2.75, 3.05) is 4.90 Å². The van der Waals surface area contributed by atoms with Gasteiger partial charge in [-0.15, -0.1) is 0 Å². The molecule has 1 aliphatic heterocycles. The van der Waals surface area contributed by atoms with Crippen molar-refractivity contribution in [1.29, 1.82) is 0 Å². The number of thiazole rings is 1. The summed E-state index contributed by atoms with van der Waals surface area (Å²) in [6, 6.07) is 23.1. The first-order valence-corrected chi connectivity index (χ1v) is 11.1. The third-order valence-electron chi connectivity index (χ3n) is 5.77. The summed E-state index contributed by atoms with van der Waals surface area (Å²) >= 11 is 1.31. The minimum atomic E-state index is -0.924. The Morgan fingerprint density at radius 2 is 1.73 bits per heavy atom. The Morgan fingerprint density at radius 1 is 0.939 bits per heavy atom. The van der Waals surface area contributed by atoms with Gasteiger partial charge in [0, 0.05) is 5.56 Å². The van der Waals surface area contributed by atoms with Crippen LogP contribution in [0.1, 0.15) is 17.4 Å². The van der Waals surface area contributed by atoms with Crippen molar-refractivity contribution in [2.24, 2.45) is 0 Å². The lowest BCUT2D eigenvalue weighted by molar-refractivity contribution is -0.132. The van der Waals surface area contributed by atoms with Crippen LogP contribution in [0, 0.1) is 0 Å². The number of furan rings is 1. The number of aliphatic hydroxyl groups is 1. The van der Waals surface area contributed by atoms with Gasteiger partial charge in [-0.3, -0.25) is 14.5 Å². The van der Waals surface area contributed by atoms with Gasteiger partial charge in [-0.2, -0.15) is 0 Å². The number of Topliss-reactive ketones (excluding diaryl/α,β-unsaturated/α-hetero) is 1. The predicted molar refractivity (Wildman–Crippen MR) is 127 cm³/mol. The summed E-state index contributed by atoms with van der Waals surface area (Å²) in [6.45, 7) is 0. The number of benzene rings is 3. The van der Waals surface area contributed by atoms with Gasteiger partial charge in [0.15, 0.2) is 5.13 Å². The fraction of sp³-hybridized carbons (Fsp3) is 0.0385. The zero-order valence-corrected chi connectivity index (χ0v) is 18.0. The van der Waals surface area contributed by atoms with Crippen LogP contribution in [0.5, 0.6) is 0 Å². The molecule has 1 saturated heterocycles. The zero-order chi connectivity index (χ0) is 22.5. The zero-order valence-electron chi connectivity index (χ0n) is 17.1. The molecule has 0 spiro atoms.